The molecule has 0 bridgehead atoms. The molecule has 0 saturated heterocycles. The minimum Gasteiger partial charge on any atom is -0.545 e. The van der Waals surface area contributed by atoms with E-state index >= 15 is 0 Å². The molecule has 0 aliphatic heterocycles. The van der Waals surface area contributed by atoms with Gasteiger partial charge >= 0.3 is 29.6 Å². The Morgan fingerprint density at radius 1 is 1.19 bits per heavy atom. The average molecular weight is 245 g/mol. The summed E-state index contributed by atoms with van der Waals surface area (Å²) in [5.74, 6) is -1.13. The zero-order valence-corrected chi connectivity index (χ0v) is 11.5. The van der Waals surface area contributed by atoms with Crippen molar-refractivity contribution in [1.82, 2.24) is 4.37 Å². The van der Waals surface area contributed by atoms with Gasteiger partial charge in [-0.1, -0.05) is 41.9 Å². The molecule has 0 spiro atoms. The summed E-state index contributed by atoms with van der Waals surface area (Å²) in [6.07, 6.45) is 0. The molecule has 16 heavy (non-hydrogen) atoms. The molecule has 0 aliphatic carbocycles. The normalized spacial score (nSPS) is 8.25. The molecule has 0 unspecified atom stereocenters. The monoisotopic (exact) mass is 245 g/mol. The molecule has 0 fully saturated rings. The van der Waals surface area contributed by atoms with Crippen molar-refractivity contribution in [3.05, 3.63) is 57.7 Å². The summed E-state index contributed by atoms with van der Waals surface area (Å²) in [6.45, 7) is 0. The summed E-state index contributed by atoms with van der Waals surface area (Å²) in [5, 5.41) is 11.8. The molecule has 1 aromatic heterocycles. The molecule has 78 valence electrons. The molecule has 4 nitrogen and oxygen atoms in total. The largest absolute Gasteiger partial charge is 1.00 e. The number of nitrogens with one attached hydrogen (secondary N) is 1. The van der Waals surface area contributed by atoms with Gasteiger partial charge in [0.1, 0.15) is 0 Å². The van der Waals surface area contributed by atoms with Gasteiger partial charge in [-0.15, -0.1) is 0 Å². The molecule has 1 heterocycles. The van der Waals surface area contributed by atoms with Crippen LogP contribution in [0, 0.1) is 0 Å². The molecular weight excluding hydrogens is 237 g/mol. The van der Waals surface area contributed by atoms with Gasteiger partial charge in [-0.05, 0) is 5.56 Å². The average Bonchev–Trinajstić information content (AvgIpc) is 2.71. The van der Waals surface area contributed by atoms with Crippen LogP contribution in [-0.4, -0.2) is 10.3 Å². The van der Waals surface area contributed by atoms with Crippen LogP contribution in [0.5, 0.6) is 0 Å². The van der Waals surface area contributed by atoms with Crippen LogP contribution in [0.3, 0.4) is 0 Å². The summed E-state index contributed by atoms with van der Waals surface area (Å²) in [7, 11) is 0. The van der Waals surface area contributed by atoms with Gasteiger partial charge in [0, 0.05) is 11.4 Å². The fourth-order valence-corrected chi connectivity index (χ4v) is 1.24. The van der Waals surface area contributed by atoms with Crippen molar-refractivity contribution in [1.29, 1.82) is 0 Å². The van der Waals surface area contributed by atoms with E-state index in [1.807, 2.05) is 0 Å². The summed E-state index contributed by atoms with van der Waals surface area (Å²) in [5.41, 5.74) is 0.206. The van der Waals surface area contributed by atoms with Crippen molar-refractivity contribution in [2.45, 2.75) is 0 Å². The Hall–Kier alpha value is -0.880. The quantitative estimate of drug-likeness (QED) is 0.564. The van der Waals surface area contributed by atoms with E-state index in [4.69, 9.17) is 0 Å². The van der Waals surface area contributed by atoms with E-state index in [0.717, 1.165) is 0 Å². The number of aromatic amines is 1. The number of hydrogen-bond donors (Lipinski definition) is 1. The zero-order chi connectivity index (χ0) is 11.1. The molecule has 0 aliphatic rings. The van der Waals surface area contributed by atoms with E-state index in [9.17, 15) is 14.7 Å². The van der Waals surface area contributed by atoms with Gasteiger partial charge in [0.15, 0.2) is 0 Å². The van der Waals surface area contributed by atoms with Crippen LogP contribution in [0.4, 0.5) is 0 Å². The number of rotatable bonds is 1. The Morgan fingerprint density at radius 3 is 2.06 bits per heavy atom. The number of hydrogen-bond acceptors (Lipinski definition) is 4. The summed E-state index contributed by atoms with van der Waals surface area (Å²) in [6, 6.07) is 9.55. The summed E-state index contributed by atoms with van der Waals surface area (Å²) >= 11 is 1.30. The maximum absolute atomic E-state index is 10.1. The predicted molar refractivity (Wildman–Crippen MR) is 55.7 cm³/mol. The number of carboxylic acids is 1. The zero-order valence-electron chi connectivity index (χ0n) is 8.67. The second-order valence-corrected chi connectivity index (χ2v) is 3.25. The molecule has 1 N–H and O–H groups in total. The van der Waals surface area contributed by atoms with Crippen molar-refractivity contribution < 1.29 is 39.5 Å². The minimum absolute atomic E-state index is 0. The molecule has 2 rings (SSSR count). The van der Waals surface area contributed by atoms with Gasteiger partial charge in [-0.25, -0.2) is 0 Å². The van der Waals surface area contributed by atoms with Gasteiger partial charge < -0.3 is 9.90 Å². The summed E-state index contributed by atoms with van der Waals surface area (Å²) in [4.78, 5) is 20.1. The number of aromatic nitrogens is 1. The van der Waals surface area contributed by atoms with Crippen LogP contribution in [0.25, 0.3) is 0 Å². The third-order valence-corrected chi connectivity index (χ3v) is 2.05. The molecule has 6 heteroatoms. The van der Waals surface area contributed by atoms with Crippen LogP contribution < -0.4 is 40.2 Å². The number of carboxylic acid groups (broad SMARTS) is 1. The third-order valence-electron chi connectivity index (χ3n) is 1.46. The maximum atomic E-state index is 10.1. The van der Waals surface area contributed by atoms with Gasteiger partial charge in [0.25, 0.3) is 5.56 Å². The fourth-order valence-electron chi connectivity index (χ4n) is 0.796. The molecular formula is C10H8NNaO3S. The first kappa shape index (κ1) is 15.1. The Balaban J connectivity index is 0.000000283. The smallest absolute Gasteiger partial charge is 0.545 e. The SMILES string of the molecule is O=C([O-])c1ccccc1.O=c1ccs[nH]1.[Na+]. The standard InChI is InChI=1S/C7H6O2.C3H3NOS.Na/c8-7(9)6-4-2-1-3-5-6;5-3-1-2-6-4-3;/h1-5H,(H,8,9);1-2H,(H,4,5);/q;;+1/p-1. The first-order valence-electron chi connectivity index (χ1n) is 4.08. The molecule has 0 atom stereocenters. The Bertz CT molecular complexity index is 449. The predicted octanol–water partition coefficient (Wildman–Crippen LogP) is -2.51. The second kappa shape index (κ2) is 8.29. The van der Waals surface area contributed by atoms with Crippen molar-refractivity contribution in [2.75, 3.05) is 0 Å². The molecule has 2 aromatic rings. The van der Waals surface area contributed by atoms with Crippen LogP contribution in [0.2, 0.25) is 0 Å². The van der Waals surface area contributed by atoms with Crippen molar-refractivity contribution in [2.24, 2.45) is 0 Å². The van der Waals surface area contributed by atoms with E-state index in [2.05, 4.69) is 4.37 Å². The van der Waals surface area contributed by atoms with Crippen LogP contribution in [0.15, 0.2) is 46.6 Å². The first-order chi connectivity index (χ1) is 7.20. The van der Waals surface area contributed by atoms with E-state index in [-0.39, 0.29) is 40.7 Å². The van der Waals surface area contributed by atoms with E-state index in [1.165, 1.54) is 29.7 Å². The van der Waals surface area contributed by atoms with Crippen LogP contribution in [0.1, 0.15) is 10.4 Å². The van der Waals surface area contributed by atoms with E-state index < -0.39 is 5.97 Å². The Morgan fingerprint density at radius 2 is 1.81 bits per heavy atom. The molecule has 0 radical (unpaired) electrons. The first-order valence-corrected chi connectivity index (χ1v) is 4.96. The second-order valence-electron chi connectivity index (χ2n) is 2.54. The molecule has 0 amide bonds. The Labute approximate surface area is 118 Å². The molecule has 0 saturated carbocycles. The number of H-pyrrole nitrogens is 1. The third kappa shape index (κ3) is 5.87. The van der Waals surface area contributed by atoms with Gasteiger partial charge in [-0.3, -0.25) is 9.17 Å². The van der Waals surface area contributed by atoms with Crippen molar-refractivity contribution in [3.63, 3.8) is 0 Å². The maximum Gasteiger partial charge on any atom is 1.00 e. The van der Waals surface area contributed by atoms with Gasteiger partial charge in [0.05, 0.1) is 5.97 Å². The van der Waals surface area contributed by atoms with E-state index in [1.54, 1.807) is 23.6 Å². The number of aromatic carboxylic acids is 1. The summed E-state index contributed by atoms with van der Waals surface area (Å²) < 4.78 is 2.49. The van der Waals surface area contributed by atoms with Crippen molar-refractivity contribution >= 4 is 17.5 Å². The van der Waals surface area contributed by atoms with Gasteiger partial charge in [0.2, 0.25) is 0 Å². The minimum atomic E-state index is -1.13. The molecule has 1 aromatic carbocycles. The number of carbonyl (C=O) groups is 1. The fraction of sp³-hybridized carbons (Fsp3) is 0. The number of carbonyl (C=O) groups excluding carboxylic acids is 1. The van der Waals surface area contributed by atoms with Crippen LogP contribution in [-0.2, 0) is 0 Å². The van der Waals surface area contributed by atoms with Crippen molar-refractivity contribution in [3.8, 4) is 0 Å². The van der Waals surface area contributed by atoms with E-state index in [0.29, 0.717) is 0 Å². The van der Waals surface area contributed by atoms with Crippen LogP contribution >= 0.6 is 11.5 Å². The van der Waals surface area contributed by atoms with Gasteiger partial charge in [-0.2, -0.15) is 0 Å². The topological polar surface area (TPSA) is 73.0 Å². The number of benzene rings is 1. The Kier molecular flexibility index (Phi) is 7.84.